The molecule has 0 aliphatic rings. The number of nitrogens with zero attached hydrogens (tertiary/aromatic N) is 2. The summed E-state index contributed by atoms with van der Waals surface area (Å²) >= 11 is 0. The van der Waals surface area contributed by atoms with Crippen LogP contribution in [0.4, 0.5) is 0 Å². The first-order valence-corrected chi connectivity index (χ1v) is 4.15. The Balaban J connectivity index is 2.79. The molecule has 14 heavy (non-hydrogen) atoms. The second kappa shape index (κ2) is 4.04. The minimum atomic E-state index is -0.529. The van der Waals surface area contributed by atoms with E-state index in [-0.39, 0.29) is 12.2 Å². The Bertz CT molecular complexity index is 368. The molecule has 0 radical (unpaired) electrons. The van der Waals surface area contributed by atoms with E-state index >= 15 is 0 Å². The maximum atomic E-state index is 11.5. The van der Waals surface area contributed by atoms with Gasteiger partial charge in [0.05, 0.1) is 18.4 Å². The zero-order valence-corrected chi connectivity index (χ0v) is 8.40. The van der Waals surface area contributed by atoms with Gasteiger partial charge in [-0.15, -0.1) is 0 Å². The molecule has 5 nitrogen and oxygen atoms in total. The highest BCUT2D eigenvalue weighted by atomic mass is 16.5. The zero-order chi connectivity index (χ0) is 10.7. The van der Waals surface area contributed by atoms with Crippen LogP contribution in [-0.2, 0) is 16.6 Å². The molecule has 0 aliphatic carbocycles. The molecule has 0 atom stereocenters. The molecule has 1 aromatic heterocycles. The van der Waals surface area contributed by atoms with Crippen LogP contribution in [0.1, 0.15) is 22.5 Å². The van der Waals surface area contributed by atoms with Crippen molar-refractivity contribution < 1.29 is 14.3 Å². The van der Waals surface area contributed by atoms with Gasteiger partial charge in [0.25, 0.3) is 0 Å². The van der Waals surface area contributed by atoms with E-state index in [1.807, 2.05) is 0 Å². The maximum absolute atomic E-state index is 11.5. The van der Waals surface area contributed by atoms with Crippen molar-refractivity contribution in [2.45, 2.75) is 13.3 Å². The predicted octanol–water partition coefficient (Wildman–Crippen LogP) is 0.474. The van der Waals surface area contributed by atoms with Gasteiger partial charge >= 0.3 is 5.97 Å². The number of aromatic nitrogens is 2. The molecule has 0 aromatic carbocycles. The van der Waals surface area contributed by atoms with E-state index < -0.39 is 5.97 Å². The lowest BCUT2D eigenvalue weighted by molar-refractivity contribution is -0.139. The Hall–Kier alpha value is -1.65. The van der Waals surface area contributed by atoms with E-state index in [4.69, 9.17) is 0 Å². The lowest BCUT2D eigenvalue weighted by Crippen LogP contribution is -2.09. The van der Waals surface area contributed by atoms with Gasteiger partial charge in [0.1, 0.15) is 6.42 Å². The summed E-state index contributed by atoms with van der Waals surface area (Å²) in [6, 6.07) is 0. The highest BCUT2D eigenvalue weighted by Gasteiger charge is 2.16. The number of carbonyl (C=O) groups is 2. The summed E-state index contributed by atoms with van der Waals surface area (Å²) in [5.74, 6) is -0.791. The first-order valence-electron chi connectivity index (χ1n) is 4.15. The maximum Gasteiger partial charge on any atom is 0.313 e. The average Bonchev–Trinajstić information content (AvgIpc) is 2.45. The number of hydrogen-bond donors (Lipinski definition) is 0. The van der Waals surface area contributed by atoms with Crippen molar-refractivity contribution in [2.24, 2.45) is 7.05 Å². The summed E-state index contributed by atoms with van der Waals surface area (Å²) < 4.78 is 5.94. The van der Waals surface area contributed by atoms with Crippen LogP contribution in [0.2, 0.25) is 0 Å². The van der Waals surface area contributed by atoms with E-state index in [0.717, 1.165) is 0 Å². The second-order valence-electron chi connectivity index (χ2n) is 2.98. The lowest BCUT2D eigenvalue weighted by Gasteiger charge is -1.96. The van der Waals surface area contributed by atoms with Crippen LogP contribution in [0, 0.1) is 6.92 Å². The smallest absolute Gasteiger partial charge is 0.313 e. The number of aryl methyl sites for hydroxylation is 2. The van der Waals surface area contributed by atoms with Crippen molar-refractivity contribution in [1.82, 2.24) is 9.78 Å². The number of rotatable bonds is 3. The molecule has 5 heteroatoms. The van der Waals surface area contributed by atoms with Crippen molar-refractivity contribution in [1.29, 1.82) is 0 Å². The molecule has 1 rings (SSSR count). The summed E-state index contributed by atoms with van der Waals surface area (Å²) in [5, 5.41) is 4.01. The fraction of sp³-hybridized carbons (Fsp3) is 0.444. The molecule has 0 unspecified atom stereocenters. The van der Waals surface area contributed by atoms with E-state index in [1.165, 1.54) is 7.11 Å². The SMILES string of the molecule is COC(=O)CC(=O)c1cn(C)nc1C. The summed E-state index contributed by atoms with van der Waals surface area (Å²) in [5.41, 5.74) is 1.10. The average molecular weight is 196 g/mol. The molecule has 76 valence electrons. The number of carbonyl (C=O) groups excluding carboxylic acids is 2. The third-order valence-corrected chi connectivity index (χ3v) is 1.85. The minimum Gasteiger partial charge on any atom is -0.469 e. The Morgan fingerprint density at radius 2 is 2.21 bits per heavy atom. The van der Waals surface area contributed by atoms with Crippen LogP contribution in [0.25, 0.3) is 0 Å². The first-order chi connectivity index (χ1) is 6.54. The summed E-state index contributed by atoms with van der Waals surface area (Å²) in [7, 11) is 2.98. The predicted molar refractivity (Wildman–Crippen MR) is 48.9 cm³/mol. The minimum absolute atomic E-state index is 0.233. The van der Waals surface area contributed by atoms with Crippen LogP contribution >= 0.6 is 0 Å². The highest BCUT2D eigenvalue weighted by Crippen LogP contribution is 2.08. The van der Waals surface area contributed by atoms with Crippen molar-refractivity contribution in [2.75, 3.05) is 7.11 Å². The third kappa shape index (κ3) is 2.18. The Morgan fingerprint density at radius 3 is 2.64 bits per heavy atom. The van der Waals surface area contributed by atoms with Gasteiger partial charge in [-0.1, -0.05) is 0 Å². The van der Waals surface area contributed by atoms with Gasteiger partial charge in [0.15, 0.2) is 5.78 Å². The van der Waals surface area contributed by atoms with Gasteiger partial charge in [-0.2, -0.15) is 5.10 Å². The van der Waals surface area contributed by atoms with Crippen LogP contribution in [0.15, 0.2) is 6.20 Å². The number of Topliss-reactive ketones (excluding diaryl/α,β-unsaturated/α-hetero) is 1. The van der Waals surface area contributed by atoms with Gasteiger partial charge in [-0.3, -0.25) is 14.3 Å². The summed E-state index contributed by atoms with van der Waals surface area (Å²) in [6.45, 7) is 1.73. The third-order valence-electron chi connectivity index (χ3n) is 1.85. The molecule has 0 N–H and O–H groups in total. The van der Waals surface area contributed by atoms with Crippen molar-refractivity contribution in [3.8, 4) is 0 Å². The van der Waals surface area contributed by atoms with Crippen LogP contribution in [0.5, 0.6) is 0 Å². The molecule has 1 aromatic rings. The molecule has 0 saturated carbocycles. The molecule has 0 fully saturated rings. The van der Waals surface area contributed by atoms with E-state index in [9.17, 15) is 9.59 Å². The summed E-state index contributed by atoms with van der Waals surface area (Å²) in [4.78, 5) is 22.3. The lowest BCUT2D eigenvalue weighted by atomic mass is 10.1. The molecule has 0 aliphatic heterocycles. The molecule has 0 bridgehead atoms. The number of ether oxygens (including phenoxy) is 1. The van der Waals surface area contributed by atoms with Crippen LogP contribution in [-0.4, -0.2) is 28.6 Å². The summed E-state index contributed by atoms with van der Waals surface area (Å²) in [6.07, 6.45) is 1.36. The Morgan fingerprint density at radius 1 is 1.57 bits per heavy atom. The van der Waals surface area contributed by atoms with Gasteiger partial charge < -0.3 is 4.74 Å². The monoisotopic (exact) mass is 196 g/mol. The Kier molecular flexibility index (Phi) is 3.01. The van der Waals surface area contributed by atoms with Crippen LogP contribution in [0.3, 0.4) is 0 Å². The van der Waals surface area contributed by atoms with E-state index in [0.29, 0.717) is 11.3 Å². The van der Waals surface area contributed by atoms with Gasteiger partial charge in [-0.25, -0.2) is 0 Å². The molecule has 0 saturated heterocycles. The van der Waals surface area contributed by atoms with Crippen molar-refractivity contribution in [3.05, 3.63) is 17.5 Å². The number of esters is 1. The molecular formula is C9H12N2O3. The highest BCUT2D eigenvalue weighted by molar-refractivity contribution is 6.06. The van der Waals surface area contributed by atoms with Gasteiger partial charge in [-0.05, 0) is 6.92 Å². The fourth-order valence-electron chi connectivity index (χ4n) is 1.17. The van der Waals surface area contributed by atoms with Gasteiger partial charge in [0.2, 0.25) is 0 Å². The largest absolute Gasteiger partial charge is 0.469 e. The van der Waals surface area contributed by atoms with Crippen molar-refractivity contribution >= 4 is 11.8 Å². The Labute approximate surface area is 81.7 Å². The molecular weight excluding hydrogens is 184 g/mol. The topological polar surface area (TPSA) is 61.2 Å². The molecule has 0 amide bonds. The molecule has 1 heterocycles. The number of hydrogen-bond acceptors (Lipinski definition) is 4. The van der Waals surface area contributed by atoms with Crippen LogP contribution < -0.4 is 0 Å². The van der Waals surface area contributed by atoms with E-state index in [1.54, 1.807) is 24.9 Å². The normalized spacial score (nSPS) is 9.93. The first kappa shape index (κ1) is 10.4. The standard InChI is InChI=1S/C9H12N2O3/c1-6-7(5-11(2)10-6)8(12)4-9(13)14-3/h5H,4H2,1-3H3. The fourth-order valence-corrected chi connectivity index (χ4v) is 1.17. The zero-order valence-electron chi connectivity index (χ0n) is 8.40. The second-order valence-corrected chi connectivity index (χ2v) is 2.98. The van der Waals surface area contributed by atoms with Gasteiger partial charge in [0, 0.05) is 13.2 Å². The van der Waals surface area contributed by atoms with E-state index in [2.05, 4.69) is 9.84 Å². The number of ketones is 1. The molecule has 0 spiro atoms. The van der Waals surface area contributed by atoms with Crippen molar-refractivity contribution in [3.63, 3.8) is 0 Å². The number of methoxy groups -OCH3 is 1. The quantitative estimate of drug-likeness (QED) is 0.400.